The largest absolute Gasteiger partial charge is 0.383 e. The fourth-order valence-corrected chi connectivity index (χ4v) is 2.37. The molecular weight excluding hydrogens is 274 g/mol. The number of hydrogen-bond donors (Lipinski definition) is 1. The van der Waals surface area contributed by atoms with Crippen LogP contribution in [0.2, 0.25) is 5.02 Å². The molecule has 0 saturated heterocycles. The Morgan fingerprint density at radius 2 is 2.20 bits per heavy atom. The van der Waals surface area contributed by atoms with E-state index < -0.39 is 0 Å². The molecule has 108 valence electrons. The first kappa shape index (κ1) is 15.0. The van der Waals surface area contributed by atoms with E-state index in [1.807, 2.05) is 37.1 Å². The van der Waals surface area contributed by atoms with Crippen molar-refractivity contribution >= 4 is 28.3 Å². The van der Waals surface area contributed by atoms with Crippen molar-refractivity contribution in [2.24, 2.45) is 5.73 Å². The highest BCUT2D eigenvalue weighted by Gasteiger charge is 2.15. The molecule has 0 aliphatic carbocycles. The predicted molar refractivity (Wildman–Crippen MR) is 84.5 cm³/mol. The number of para-hydroxylation sites is 1. The molecule has 4 nitrogen and oxygen atoms in total. The quantitative estimate of drug-likeness (QED) is 0.921. The van der Waals surface area contributed by atoms with Crippen LogP contribution in [0.3, 0.4) is 0 Å². The molecule has 5 heteroatoms. The van der Waals surface area contributed by atoms with Crippen molar-refractivity contribution in [3.63, 3.8) is 0 Å². The van der Waals surface area contributed by atoms with Gasteiger partial charge in [-0.2, -0.15) is 0 Å². The summed E-state index contributed by atoms with van der Waals surface area (Å²) in [6.45, 7) is 3.34. The molecule has 0 spiro atoms. The maximum Gasteiger partial charge on any atom is 0.133 e. The Morgan fingerprint density at radius 3 is 2.85 bits per heavy atom. The van der Waals surface area contributed by atoms with Crippen LogP contribution in [-0.4, -0.2) is 32.3 Å². The first-order valence-electron chi connectivity index (χ1n) is 6.59. The number of benzene rings is 1. The molecule has 1 atom stereocenters. The van der Waals surface area contributed by atoms with E-state index >= 15 is 0 Å². The zero-order valence-electron chi connectivity index (χ0n) is 12.1. The smallest absolute Gasteiger partial charge is 0.133 e. The summed E-state index contributed by atoms with van der Waals surface area (Å²) in [4.78, 5) is 6.75. The van der Waals surface area contributed by atoms with E-state index in [4.69, 9.17) is 27.1 Å². The van der Waals surface area contributed by atoms with Crippen molar-refractivity contribution in [2.45, 2.75) is 13.0 Å². The summed E-state index contributed by atoms with van der Waals surface area (Å²) < 4.78 is 5.12. The number of ether oxygens (including phenoxy) is 1. The highest BCUT2D eigenvalue weighted by molar-refractivity contribution is 6.35. The topological polar surface area (TPSA) is 51.4 Å². The van der Waals surface area contributed by atoms with Gasteiger partial charge in [0.1, 0.15) is 5.82 Å². The Labute approximate surface area is 124 Å². The Balaban J connectivity index is 2.54. The van der Waals surface area contributed by atoms with Gasteiger partial charge in [-0.15, -0.1) is 0 Å². The van der Waals surface area contributed by atoms with Gasteiger partial charge in [0, 0.05) is 37.7 Å². The molecule has 0 aliphatic heterocycles. The summed E-state index contributed by atoms with van der Waals surface area (Å²) >= 11 is 6.23. The zero-order chi connectivity index (χ0) is 14.7. The molecule has 2 rings (SSSR count). The summed E-state index contributed by atoms with van der Waals surface area (Å²) in [6.07, 6.45) is 0. The van der Waals surface area contributed by atoms with E-state index in [1.54, 1.807) is 7.11 Å². The van der Waals surface area contributed by atoms with Crippen molar-refractivity contribution in [3.05, 3.63) is 34.9 Å². The molecule has 0 amide bonds. The Morgan fingerprint density at radius 1 is 1.45 bits per heavy atom. The molecule has 20 heavy (non-hydrogen) atoms. The third kappa shape index (κ3) is 3.03. The molecule has 0 saturated carbocycles. The van der Waals surface area contributed by atoms with E-state index in [0.29, 0.717) is 11.6 Å². The molecule has 2 aromatic rings. The number of nitrogens with two attached hydrogens (primary N) is 1. The molecule has 0 bridgehead atoms. The highest BCUT2D eigenvalue weighted by atomic mass is 35.5. The number of halogens is 1. The minimum Gasteiger partial charge on any atom is -0.383 e. The summed E-state index contributed by atoms with van der Waals surface area (Å²) in [6, 6.07) is 7.75. The van der Waals surface area contributed by atoms with Crippen molar-refractivity contribution < 1.29 is 4.74 Å². The van der Waals surface area contributed by atoms with Crippen LogP contribution in [0.1, 0.15) is 18.5 Å². The average molecular weight is 294 g/mol. The number of anilines is 1. The number of likely N-dealkylation sites (N-methyl/N-ethyl adjacent to an activating group) is 1. The molecule has 0 unspecified atom stereocenters. The van der Waals surface area contributed by atoms with Gasteiger partial charge < -0.3 is 15.4 Å². The van der Waals surface area contributed by atoms with E-state index in [2.05, 4.69) is 6.07 Å². The third-order valence-electron chi connectivity index (χ3n) is 3.29. The second-order valence-electron chi connectivity index (χ2n) is 4.92. The summed E-state index contributed by atoms with van der Waals surface area (Å²) in [5, 5.41) is 1.66. The van der Waals surface area contributed by atoms with Crippen LogP contribution < -0.4 is 10.6 Å². The average Bonchev–Trinajstić information content (AvgIpc) is 2.43. The van der Waals surface area contributed by atoms with E-state index in [1.165, 1.54) is 0 Å². The van der Waals surface area contributed by atoms with Gasteiger partial charge in [0.2, 0.25) is 0 Å². The van der Waals surface area contributed by atoms with E-state index in [0.717, 1.165) is 28.8 Å². The lowest BCUT2D eigenvalue weighted by Crippen LogP contribution is -2.25. The number of pyridine rings is 1. The number of aromatic nitrogens is 1. The van der Waals surface area contributed by atoms with Crippen LogP contribution in [-0.2, 0) is 4.74 Å². The fourth-order valence-electron chi connectivity index (χ4n) is 2.14. The number of rotatable bonds is 5. The first-order valence-corrected chi connectivity index (χ1v) is 6.97. The Hall–Kier alpha value is -1.36. The number of methoxy groups -OCH3 is 1. The molecular formula is C15H20ClN3O. The van der Waals surface area contributed by atoms with Crippen molar-refractivity contribution in [2.75, 3.05) is 32.2 Å². The zero-order valence-corrected chi connectivity index (χ0v) is 12.8. The lowest BCUT2D eigenvalue weighted by molar-refractivity contribution is 0.206. The lowest BCUT2D eigenvalue weighted by Gasteiger charge is -2.23. The second-order valence-corrected chi connectivity index (χ2v) is 5.32. The van der Waals surface area contributed by atoms with Crippen molar-refractivity contribution in [1.29, 1.82) is 0 Å². The van der Waals surface area contributed by atoms with Crippen LogP contribution in [0.15, 0.2) is 24.3 Å². The first-order chi connectivity index (χ1) is 9.54. The van der Waals surface area contributed by atoms with Gasteiger partial charge in [-0.3, -0.25) is 0 Å². The van der Waals surface area contributed by atoms with E-state index in [-0.39, 0.29) is 6.04 Å². The number of nitrogens with zero attached hydrogens (tertiary/aromatic N) is 2. The Kier molecular flexibility index (Phi) is 4.81. The minimum atomic E-state index is -0.0918. The van der Waals surface area contributed by atoms with Crippen LogP contribution in [0.25, 0.3) is 10.9 Å². The van der Waals surface area contributed by atoms with Gasteiger partial charge in [0.15, 0.2) is 0 Å². The second kappa shape index (κ2) is 6.39. The maximum atomic E-state index is 6.23. The van der Waals surface area contributed by atoms with Gasteiger partial charge in [-0.05, 0) is 19.1 Å². The maximum absolute atomic E-state index is 6.23. The molecule has 1 aromatic carbocycles. The fraction of sp³-hybridized carbons (Fsp3) is 0.400. The van der Waals surface area contributed by atoms with Gasteiger partial charge >= 0.3 is 0 Å². The number of fused-ring (bicyclic) bond motifs is 1. The van der Waals surface area contributed by atoms with Gasteiger partial charge in [-0.1, -0.05) is 23.7 Å². The molecule has 0 fully saturated rings. The van der Waals surface area contributed by atoms with Gasteiger partial charge in [-0.25, -0.2) is 4.98 Å². The number of hydrogen-bond acceptors (Lipinski definition) is 4. The van der Waals surface area contributed by atoms with E-state index in [9.17, 15) is 0 Å². The molecule has 1 aromatic heterocycles. The molecule has 0 radical (unpaired) electrons. The van der Waals surface area contributed by atoms with Crippen LogP contribution in [0, 0.1) is 0 Å². The van der Waals surface area contributed by atoms with Crippen LogP contribution >= 0.6 is 11.6 Å². The minimum absolute atomic E-state index is 0.0918. The van der Waals surface area contributed by atoms with Crippen LogP contribution in [0.4, 0.5) is 5.82 Å². The normalized spacial score (nSPS) is 12.7. The van der Waals surface area contributed by atoms with Crippen molar-refractivity contribution in [3.8, 4) is 0 Å². The summed E-state index contributed by atoms with van der Waals surface area (Å²) in [7, 11) is 3.67. The van der Waals surface area contributed by atoms with Gasteiger partial charge in [0.25, 0.3) is 0 Å². The van der Waals surface area contributed by atoms with Gasteiger partial charge in [0.05, 0.1) is 17.1 Å². The predicted octanol–water partition coefficient (Wildman–Crippen LogP) is 2.99. The molecule has 2 N–H and O–H groups in total. The molecule has 0 aliphatic rings. The van der Waals surface area contributed by atoms with Crippen molar-refractivity contribution in [1.82, 2.24) is 4.98 Å². The Bertz CT molecular complexity index is 601. The summed E-state index contributed by atoms with van der Waals surface area (Å²) in [5.74, 6) is 0.859. The summed E-state index contributed by atoms with van der Waals surface area (Å²) in [5.41, 5.74) is 7.90. The SMILES string of the molecule is COCCN(C)c1nc2c(Cl)cccc2cc1[C@H](C)N. The molecule has 1 heterocycles. The third-order valence-corrected chi connectivity index (χ3v) is 3.59. The lowest BCUT2D eigenvalue weighted by atomic mass is 10.1. The monoisotopic (exact) mass is 293 g/mol. The standard InChI is InChI=1S/C15H20ClN3O/c1-10(17)12-9-11-5-4-6-13(16)14(11)18-15(12)19(2)7-8-20-3/h4-6,9-10H,7-8,17H2,1-3H3/t10-/m0/s1. The highest BCUT2D eigenvalue weighted by Crippen LogP contribution is 2.30. The van der Waals surface area contributed by atoms with Crippen LogP contribution in [0.5, 0.6) is 0 Å².